The van der Waals surface area contributed by atoms with Gasteiger partial charge in [0.1, 0.15) is 17.3 Å². The number of halogens is 1. The standard InChI is InChI=1S/C35H33FN2O7S/c1-43-31-13-8-24-21-32(31)44-18-5-16-37-35(40)29-22-26(10-12-30(29)36)45-25-9-11-28-23(20-25)14-17-38(34(24)28)33(39)15-19-46(41,42)27-6-3-2-4-7-27/h2-4,6-13,20-22,34H,5,14-19H2,1H3,(H,37,40). The lowest BCUT2D eigenvalue weighted by atomic mass is 9.87. The van der Waals surface area contributed by atoms with Crippen LogP contribution in [0.25, 0.3) is 0 Å². The molecule has 3 aliphatic rings. The molecule has 8 bridgehead atoms. The molecule has 11 heteroatoms. The average Bonchev–Trinajstić information content (AvgIpc) is 3.07. The Morgan fingerprint density at radius 1 is 1.02 bits per heavy atom. The fraction of sp³-hybridized carbons (Fsp3) is 0.257. The number of carbonyl (C=O) groups excluding carboxylic acids is 2. The zero-order valence-corrected chi connectivity index (χ0v) is 26.0. The lowest BCUT2D eigenvalue weighted by Crippen LogP contribution is -2.41. The maximum Gasteiger partial charge on any atom is 0.254 e. The van der Waals surface area contributed by atoms with Crippen LogP contribution in [0, 0.1) is 5.82 Å². The monoisotopic (exact) mass is 644 g/mol. The number of amides is 2. The van der Waals surface area contributed by atoms with Gasteiger partial charge in [-0.05, 0) is 84.1 Å². The molecule has 0 radical (unpaired) electrons. The Hall–Kier alpha value is -4.90. The second-order valence-electron chi connectivity index (χ2n) is 11.1. The number of hydrogen-bond donors (Lipinski definition) is 1. The molecule has 0 fully saturated rings. The van der Waals surface area contributed by atoms with Gasteiger partial charge in [-0.3, -0.25) is 9.59 Å². The number of nitrogens with one attached hydrogen (secondary N) is 1. The predicted octanol–water partition coefficient (Wildman–Crippen LogP) is 5.48. The molecule has 4 aromatic carbocycles. The summed E-state index contributed by atoms with van der Waals surface area (Å²) in [5.41, 5.74) is 2.43. The van der Waals surface area contributed by atoms with Crippen molar-refractivity contribution in [3.05, 3.63) is 113 Å². The summed E-state index contributed by atoms with van der Waals surface area (Å²) in [7, 11) is -2.12. The van der Waals surface area contributed by atoms with Crippen molar-refractivity contribution in [3.8, 4) is 23.0 Å². The van der Waals surface area contributed by atoms with Crippen molar-refractivity contribution in [2.75, 3.05) is 32.6 Å². The van der Waals surface area contributed by atoms with Crippen LogP contribution in [0.3, 0.4) is 0 Å². The fourth-order valence-corrected chi connectivity index (χ4v) is 7.06. The van der Waals surface area contributed by atoms with Gasteiger partial charge in [0.25, 0.3) is 5.91 Å². The maximum atomic E-state index is 14.6. The first-order valence-corrected chi connectivity index (χ1v) is 16.6. The van der Waals surface area contributed by atoms with Gasteiger partial charge in [-0.2, -0.15) is 0 Å². The molecule has 1 atom stereocenters. The molecule has 46 heavy (non-hydrogen) atoms. The Morgan fingerprint density at radius 3 is 2.61 bits per heavy atom. The van der Waals surface area contributed by atoms with E-state index in [1.807, 2.05) is 24.3 Å². The summed E-state index contributed by atoms with van der Waals surface area (Å²) in [5, 5.41) is 2.72. The normalized spacial score (nSPS) is 16.3. The van der Waals surface area contributed by atoms with Crippen LogP contribution in [0.15, 0.2) is 89.8 Å². The van der Waals surface area contributed by atoms with Crippen LogP contribution in [0.5, 0.6) is 23.0 Å². The molecular weight excluding hydrogens is 611 g/mol. The van der Waals surface area contributed by atoms with Crippen molar-refractivity contribution >= 4 is 21.7 Å². The van der Waals surface area contributed by atoms with Crippen molar-refractivity contribution in [3.63, 3.8) is 0 Å². The highest BCUT2D eigenvalue weighted by Gasteiger charge is 2.33. The highest BCUT2D eigenvalue weighted by molar-refractivity contribution is 7.91. The van der Waals surface area contributed by atoms with Crippen LogP contribution >= 0.6 is 0 Å². The number of hydrogen-bond acceptors (Lipinski definition) is 7. The summed E-state index contributed by atoms with van der Waals surface area (Å²) in [4.78, 5) is 28.4. The first-order chi connectivity index (χ1) is 22.2. The van der Waals surface area contributed by atoms with E-state index in [1.165, 1.54) is 37.4 Å². The first-order valence-electron chi connectivity index (χ1n) is 15.0. The smallest absolute Gasteiger partial charge is 0.254 e. The summed E-state index contributed by atoms with van der Waals surface area (Å²) in [6.45, 7) is 0.817. The Kier molecular flexibility index (Phi) is 8.94. The Morgan fingerprint density at radius 2 is 1.80 bits per heavy atom. The van der Waals surface area contributed by atoms with E-state index in [-0.39, 0.29) is 41.7 Å². The van der Waals surface area contributed by atoms with Gasteiger partial charge in [-0.15, -0.1) is 0 Å². The molecular formula is C35H33FN2O7S. The van der Waals surface area contributed by atoms with Crippen LogP contribution in [-0.2, 0) is 21.1 Å². The minimum Gasteiger partial charge on any atom is -0.493 e. The SMILES string of the molecule is COc1ccc2cc1OCCCNC(=O)c1cc(ccc1F)Oc1ccc3c(c1)CCN(C(=O)CCS(=O)(=O)c1ccccc1)C23. The van der Waals surface area contributed by atoms with Crippen molar-refractivity contribution < 1.29 is 36.6 Å². The highest BCUT2D eigenvalue weighted by Crippen LogP contribution is 2.41. The molecule has 2 amide bonds. The van der Waals surface area contributed by atoms with Crippen LogP contribution in [-0.4, -0.2) is 57.7 Å². The third-order valence-corrected chi connectivity index (χ3v) is 9.87. The van der Waals surface area contributed by atoms with Crippen LogP contribution in [0.2, 0.25) is 0 Å². The molecule has 238 valence electrons. The Balaban J connectivity index is 1.37. The average molecular weight is 645 g/mol. The molecule has 9 nitrogen and oxygen atoms in total. The largest absolute Gasteiger partial charge is 0.493 e. The summed E-state index contributed by atoms with van der Waals surface area (Å²) in [6.07, 6.45) is 0.755. The minimum atomic E-state index is -3.66. The van der Waals surface area contributed by atoms with Gasteiger partial charge in [0.15, 0.2) is 21.3 Å². The topological polar surface area (TPSA) is 111 Å². The Labute approximate surface area is 266 Å². The molecule has 3 heterocycles. The highest BCUT2D eigenvalue weighted by atomic mass is 32.2. The van der Waals surface area contributed by atoms with E-state index in [9.17, 15) is 22.4 Å². The van der Waals surface area contributed by atoms with E-state index in [0.29, 0.717) is 42.4 Å². The zero-order valence-electron chi connectivity index (χ0n) is 25.2. The van der Waals surface area contributed by atoms with Gasteiger partial charge in [0.2, 0.25) is 5.91 Å². The molecule has 0 saturated carbocycles. The zero-order chi connectivity index (χ0) is 32.3. The fourth-order valence-electron chi connectivity index (χ4n) is 5.81. The molecule has 0 aliphatic carbocycles. The number of methoxy groups -OCH3 is 1. The van der Waals surface area contributed by atoms with Crippen LogP contribution in [0.1, 0.15) is 45.9 Å². The summed E-state index contributed by atoms with van der Waals surface area (Å²) >= 11 is 0. The number of nitrogens with zero attached hydrogens (tertiary/aromatic N) is 1. The van der Waals surface area contributed by atoms with Gasteiger partial charge in [0, 0.05) is 19.5 Å². The van der Waals surface area contributed by atoms with E-state index in [0.717, 1.165) is 16.7 Å². The quantitative estimate of drug-likeness (QED) is 0.307. The van der Waals surface area contributed by atoms with Crippen molar-refractivity contribution in [1.29, 1.82) is 0 Å². The van der Waals surface area contributed by atoms with Crippen molar-refractivity contribution in [1.82, 2.24) is 10.2 Å². The number of fused-ring (bicyclic) bond motifs is 6. The van der Waals surface area contributed by atoms with Gasteiger partial charge >= 0.3 is 0 Å². The van der Waals surface area contributed by atoms with Crippen molar-refractivity contribution in [2.45, 2.75) is 30.2 Å². The van der Waals surface area contributed by atoms with E-state index >= 15 is 0 Å². The van der Waals surface area contributed by atoms with Gasteiger partial charge in [-0.25, -0.2) is 12.8 Å². The van der Waals surface area contributed by atoms with Crippen molar-refractivity contribution in [2.24, 2.45) is 0 Å². The van der Waals surface area contributed by atoms with Crippen LogP contribution < -0.4 is 19.5 Å². The molecule has 3 aliphatic heterocycles. The lowest BCUT2D eigenvalue weighted by molar-refractivity contribution is -0.132. The van der Waals surface area contributed by atoms with E-state index in [1.54, 1.807) is 35.2 Å². The number of carbonyl (C=O) groups is 2. The molecule has 0 saturated heterocycles. The third kappa shape index (κ3) is 6.55. The molecule has 1 unspecified atom stereocenters. The maximum absolute atomic E-state index is 14.6. The van der Waals surface area contributed by atoms with Crippen LogP contribution in [0.4, 0.5) is 4.39 Å². The molecule has 4 aromatic rings. The number of benzene rings is 4. The lowest BCUT2D eigenvalue weighted by Gasteiger charge is -2.38. The Bertz CT molecular complexity index is 1880. The van der Waals surface area contributed by atoms with Gasteiger partial charge in [-0.1, -0.05) is 30.3 Å². The second-order valence-corrected chi connectivity index (χ2v) is 13.2. The van der Waals surface area contributed by atoms with E-state index < -0.39 is 27.6 Å². The van der Waals surface area contributed by atoms with Gasteiger partial charge < -0.3 is 24.4 Å². The van der Waals surface area contributed by atoms with Gasteiger partial charge in [0.05, 0.1) is 36.0 Å². The summed E-state index contributed by atoms with van der Waals surface area (Å²) < 4.78 is 58.2. The first kappa shape index (κ1) is 31.1. The number of rotatable bonds is 5. The second kappa shape index (κ2) is 13.2. The molecule has 0 aromatic heterocycles. The molecule has 0 spiro atoms. The predicted molar refractivity (Wildman–Crippen MR) is 169 cm³/mol. The number of ether oxygens (including phenoxy) is 3. The van der Waals surface area contributed by atoms with E-state index in [2.05, 4.69) is 5.32 Å². The minimum absolute atomic E-state index is 0.129. The summed E-state index contributed by atoms with van der Waals surface area (Å²) in [6, 6.07) is 22.6. The molecule has 7 rings (SSSR count). The van der Waals surface area contributed by atoms with E-state index in [4.69, 9.17) is 14.2 Å². The summed E-state index contributed by atoms with van der Waals surface area (Å²) in [5.74, 6) is -0.0738. The number of sulfone groups is 1. The molecule has 1 N–H and O–H groups in total. The third-order valence-electron chi connectivity index (χ3n) is 8.14.